The highest BCUT2D eigenvalue weighted by Gasteiger charge is 2.14. The molecule has 2 aromatic rings. The Hall–Kier alpha value is -3.14. The third kappa shape index (κ3) is 2.81. The molecule has 7 heteroatoms. The first-order valence-electron chi connectivity index (χ1n) is 5.50. The molecule has 20 heavy (non-hydrogen) atoms. The first-order chi connectivity index (χ1) is 9.61. The normalized spacial score (nSPS) is 9.45. The average Bonchev–Trinajstić information content (AvgIpc) is 2.93. The van der Waals surface area contributed by atoms with Crippen LogP contribution in [-0.4, -0.2) is 27.8 Å². The highest BCUT2D eigenvalue weighted by atomic mass is 16.6. The summed E-state index contributed by atoms with van der Waals surface area (Å²) in [4.78, 5) is 21.3. The Morgan fingerprint density at radius 2 is 2.20 bits per heavy atom. The SMILES string of the molecule is COC(=O)C#Cc1cnn(-c2ccccc2[N+](=O)[O-])c1. The molecular weight excluding hydrogens is 262 g/mol. The lowest BCUT2D eigenvalue weighted by Crippen LogP contribution is -1.99. The van der Waals surface area contributed by atoms with Crippen molar-refractivity contribution in [3.05, 3.63) is 52.3 Å². The van der Waals surface area contributed by atoms with Crippen molar-refractivity contribution in [1.29, 1.82) is 0 Å². The maximum absolute atomic E-state index is 10.9. The van der Waals surface area contributed by atoms with Crippen LogP contribution < -0.4 is 0 Å². The number of hydrogen-bond acceptors (Lipinski definition) is 5. The molecule has 0 saturated heterocycles. The zero-order valence-electron chi connectivity index (χ0n) is 10.4. The minimum Gasteiger partial charge on any atom is -0.459 e. The van der Waals surface area contributed by atoms with Crippen molar-refractivity contribution in [3.63, 3.8) is 0 Å². The van der Waals surface area contributed by atoms with Crippen molar-refractivity contribution in [1.82, 2.24) is 9.78 Å². The van der Waals surface area contributed by atoms with Crippen LogP contribution in [0.3, 0.4) is 0 Å². The Morgan fingerprint density at radius 3 is 2.90 bits per heavy atom. The maximum atomic E-state index is 10.9. The molecule has 0 unspecified atom stereocenters. The van der Waals surface area contributed by atoms with Gasteiger partial charge < -0.3 is 4.74 Å². The number of esters is 1. The Labute approximate surface area is 113 Å². The molecule has 100 valence electrons. The quantitative estimate of drug-likeness (QED) is 0.355. The summed E-state index contributed by atoms with van der Waals surface area (Å²) in [6.45, 7) is 0. The fourth-order valence-electron chi connectivity index (χ4n) is 1.51. The molecule has 0 amide bonds. The summed E-state index contributed by atoms with van der Waals surface area (Å²) in [6, 6.07) is 6.20. The van der Waals surface area contributed by atoms with E-state index in [-0.39, 0.29) is 5.69 Å². The van der Waals surface area contributed by atoms with Crippen molar-refractivity contribution in [2.24, 2.45) is 0 Å². The highest BCUT2D eigenvalue weighted by molar-refractivity contribution is 5.88. The van der Waals surface area contributed by atoms with E-state index in [1.807, 2.05) is 0 Å². The Bertz CT molecular complexity index is 724. The van der Waals surface area contributed by atoms with Crippen molar-refractivity contribution in [2.45, 2.75) is 0 Å². The van der Waals surface area contributed by atoms with E-state index >= 15 is 0 Å². The van der Waals surface area contributed by atoms with E-state index < -0.39 is 10.9 Å². The third-order valence-electron chi connectivity index (χ3n) is 2.40. The van der Waals surface area contributed by atoms with Crippen molar-refractivity contribution >= 4 is 11.7 Å². The van der Waals surface area contributed by atoms with E-state index in [0.29, 0.717) is 11.3 Å². The number of aromatic nitrogens is 2. The van der Waals surface area contributed by atoms with E-state index in [4.69, 9.17) is 0 Å². The van der Waals surface area contributed by atoms with Crippen LogP contribution in [0.5, 0.6) is 0 Å². The van der Waals surface area contributed by atoms with Crippen LogP contribution in [0.15, 0.2) is 36.7 Å². The summed E-state index contributed by atoms with van der Waals surface area (Å²) in [5.74, 6) is 4.15. The summed E-state index contributed by atoms with van der Waals surface area (Å²) in [5.41, 5.74) is 0.709. The van der Waals surface area contributed by atoms with Crippen molar-refractivity contribution in [2.75, 3.05) is 7.11 Å². The molecule has 0 atom stereocenters. The zero-order chi connectivity index (χ0) is 14.5. The van der Waals surface area contributed by atoms with Crippen LogP contribution in [0.4, 0.5) is 5.69 Å². The third-order valence-corrected chi connectivity index (χ3v) is 2.40. The van der Waals surface area contributed by atoms with E-state index in [1.54, 1.807) is 18.2 Å². The number of nitro groups is 1. The molecule has 2 rings (SSSR count). The molecule has 0 aliphatic carbocycles. The average molecular weight is 271 g/mol. The monoisotopic (exact) mass is 271 g/mol. The van der Waals surface area contributed by atoms with Gasteiger partial charge in [0, 0.05) is 18.2 Å². The summed E-state index contributed by atoms with van der Waals surface area (Å²) >= 11 is 0. The van der Waals surface area contributed by atoms with Crippen LogP contribution in [0.1, 0.15) is 5.56 Å². The number of nitro benzene ring substituents is 1. The number of nitrogens with zero attached hydrogens (tertiary/aromatic N) is 3. The lowest BCUT2D eigenvalue weighted by molar-refractivity contribution is -0.384. The van der Waals surface area contributed by atoms with Crippen LogP contribution in [-0.2, 0) is 9.53 Å². The van der Waals surface area contributed by atoms with Gasteiger partial charge in [-0.25, -0.2) is 9.48 Å². The number of para-hydroxylation sites is 2. The van der Waals surface area contributed by atoms with Gasteiger partial charge in [-0.3, -0.25) is 10.1 Å². The predicted molar refractivity (Wildman–Crippen MR) is 69.1 cm³/mol. The standard InChI is InChI=1S/C13H9N3O4/c1-20-13(17)7-6-10-8-14-15(9-10)11-4-2-3-5-12(11)16(18)19/h2-5,8-9H,1H3. The number of ether oxygens (including phenoxy) is 1. The second kappa shape index (κ2) is 5.67. The summed E-state index contributed by atoms with van der Waals surface area (Å²) in [7, 11) is 1.23. The van der Waals surface area contributed by atoms with Crippen LogP contribution in [0, 0.1) is 22.0 Å². The Morgan fingerprint density at radius 1 is 1.45 bits per heavy atom. The molecule has 1 aromatic heterocycles. The van der Waals surface area contributed by atoms with E-state index in [1.165, 1.54) is 30.3 Å². The number of carbonyl (C=O) groups excluding carboxylic acids is 1. The smallest absolute Gasteiger partial charge is 0.384 e. The van der Waals surface area contributed by atoms with Crippen molar-refractivity contribution < 1.29 is 14.5 Å². The number of methoxy groups -OCH3 is 1. The maximum Gasteiger partial charge on any atom is 0.384 e. The van der Waals surface area contributed by atoms with Crippen LogP contribution in [0.2, 0.25) is 0 Å². The molecule has 0 bridgehead atoms. The molecule has 0 radical (unpaired) electrons. The zero-order valence-corrected chi connectivity index (χ0v) is 10.4. The minimum atomic E-state index is -0.663. The molecule has 7 nitrogen and oxygen atoms in total. The van der Waals surface area contributed by atoms with Gasteiger partial charge in [0.25, 0.3) is 5.69 Å². The van der Waals surface area contributed by atoms with Crippen molar-refractivity contribution in [3.8, 4) is 17.5 Å². The van der Waals surface area contributed by atoms with Gasteiger partial charge in [0.1, 0.15) is 5.69 Å². The second-order valence-corrected chi connectivity index (χ2v) is 3.66. The fraction of sp³-hybridized carbons (Fsp3) is 0.0769. The summed E-state index contributed by atoms with van der Waals surface area (Å²) in [6.07, 6.45) is 2.91. The Balaban J connectivity index is 2.36. The Kier molecular flexibility index (Phi) is 3.77. The van der Waals surface area contributed by atoms with Gasteiger partial charge in [0.05, 0.1) is 23.8 Å². The van der Waals surface area contributed by atoms with Gasteiger partial charge in [-0.1, -0.05) is 18.1 Å². The lowest BCUT2D eigenvalue weighted by atomic mass is 10.2. The first-order valence-corrected chi connectivity index (χ1v) is 5.50. The van der Waals surface area contributed by atoms with E-state index in [0.717, 1.165) is 0 Å². The number of benzene rings is 1. The van der Waals surface area contributed by atoms with Crippen LogP contribution in [0.25, 0.3) is 5.69 Å². The lowest BCUT2D eigenvalue weighted by Gasteiger charge is -2.01. The molecule has 0 fully saturated rings. The molecule has 0 aliphatic rings. The predicted octanol–water partition coefficient (Wildman–Crippen LogP) is 1.30. The van der Waals surface area contributed by atoms with Crippen LogP contribution >= 0.6 is 0 Å². The largest absolute Gasteiger partial charge is 0.459 e. The summed E-state index contributed by atoms with van der Waals surface area (Å²) in [5, 5.41) is 14.9. The van der Waals surface area contributed by atoms with E-state index in [2.05, 4.69) is 21.7 Å². The molecule has 1 aromatic carbocycles. The molecule has 0 N–H and O–H groups in total. The molecule has 0 spiro atoms. The molecule has 1 heterocycles. The van der Waals surface area contributed by atoms with Gasteiger partial charge in [-0.2, -0.15) is 5.10 Å². The first kappa shape index (κ1) is 13.3. The topological polar surface area (TPSA) is 87.3 Å². The number of carbonyl (C=O) groups is 1. The van der Waals surface area contributed by atoms with Gasteiger partial charge in [-0.15, -0.1) is 0 Å². The molecule has 0 saturated carbocycles. The molecule has 0 aliphatic heterocycles. The van der Waals surface area contributed by atoms with Gasteiger partial charge >= 0.3 is 5.97 Å². The highest BCUT2D eigenvalue weighted by Crippen LogP contribution is 2.21. The van der Waals surface area contributed by atoms with E-state index in [9.17, 15) is 14.9 Å². The second-order valence-electron chi connectivity index (χ2n) is 3.66. The number of rotatable bonds is 2. The summed E-state index contributed by atoms with van der Waals surface area (Å²) < 4.78 is 5.72. The minimum absolute atomic E-state index is 0.0666. The van der Waals surface area contributed by atoms with Gasteiger partial charge in [0.2, 0.25) is 0 Å². The van der Waals surface area contributed by atoms with Gasteiger partial charge in [-0.05, 0) is 6.07 Å². The van der Waals surface area contributed by atoms with Gasteiger partial charge in [0.15, 0.2) is 0 Å². The molecular formula is C13H9N3O4. The fourth-order valence-corrected chi connectivity index (χ4v) is 1.51. The number of hydrogen-bond donors (Lipinski definition) is 0.